The number of aryl methyl sites for hydroxylation is 2. The molecule has 0 bridgehead atoms. The van der Waals surface area contributed by atoms with E-state index in [1.54, 1.807) is 25.1 Å². The zero-order valence-corrected chi connectivity index (χ0v) is 20.7. The Hall–Kier alpha value is -2.90. The van der Waals surface area contributed by atoms with Crippen LogP contribution in [0.3, 0.4) is 0 Å². The Labute approximate surface area is 204 Å². The Kier molecular flexibility index (Phi) is 6.69. The molecule has 1 saturated carbocycles. The monoisotopic (exact) mass is 498 g/mol. The van der Waals surface area contributed by atoms with Crippen LogP contribution in [-0.2, 0) is 21.2 Å². The maximum absolute atomic E-state index is 13.8. The number of pyridine rings is 1. The van der Waals surface area contributed by atoms with Crippen LogP contribution in [0.15, 0.2) is 70.5 Å². The molecular formula is C26H27ClN2O4S. The number of rotatable bonds is 6. The van der Waals surface area contributed by atoms with Crippen molar-refractivity contribution in [3.63, 3.8) is 0 Å². The number of benzene rings is 2. The minimum Gasteiger partial charge on any atom is -0.323 e. The van der Waals surface area contributed by atoms with Gasteiger partial charge < -0.3 is 9.88 Å². The van der Waals surface area contributed by atoms with Crippen molar-refractivity contribution >= 4 is 33.0 Å². The van der Waals surface area contributed by atoms with Crippen LogP contribution in [0.5, 0.6) is 0 Å². The maximum atomic E-state index is 13.8. The first-order valence-corrected chi connectivity index (χ1v) is 13.1. The van der Waals surface area contributed by atoms with Gasteiger partial charge in [-0.1, -0.05) is 54.8 Å². The summed E-state index contributed by atoms with van der Waals surface area (Å²) < 4.78 is 27.6. The Bertz CT molecular complexity index is 1410. The maximum Gasteiger partial charge on any atom is 0.250 e. The van der Waals surface area contributed by atoms with Crippen molar-refractivity contribution in [2.75, 3.05) is 5.32 Å². The lowest BCUT2D eigenvalue weighted by Gasteiger charge is -2.28. The fourth-order valence-electron chi connectivity index (χ4n) is 4.56. The number of nitrogens with zero attached hydrogens (tertiary/aromatic N) is 1. The predicted octanol–water partition coefficient (Wildman–Crippen LogP) is 4.89. The van der Waals surface area contributed by atoms with Crippen molar-refractivity contribution in [3.05, 3.63) is 92.9 Å². The smallest absolute Gasteiger partial charge is 0.250 e. The van der Waals surface area contributed by atoms with Gasteiger partial charge in [-0.25, -0.2) is 8.42 Å². The molecule has 2 aromatic carbocycles. The van der Waals surface area contributed by atoms with E-state index in [2.05, 4.69) is 5.32 Å². The van der Waals surface area contributed by atoms with Gasteiger partial charge in [0, 0.05) is 17.3 Å². The summed E-state index contributed by atoms with van der Waals surface area (Å²) in [6.45, 7) is 3.81. The number of nitrogens with one attached hydrogen (secondary N) is 1. The molecule has 4 rings (SSSR count). The lowest BCUT2D eigenvalue weighted by molar-refractivity contribution is -0.118. The standard InChI is InChI=1S/C26H27ClN2O4S/c1-18-9-10-19(2)23(15-18)34(32,33)26(13-5-6-14-26)25(31)28-21-11-12-24(30)29(17-21)16-20-7-3-4-8-22(20)27/h3-4,7-12,15,17H,5-6,13-14,16H2,1-2H3,(H,28,31). The number of amides is 1. The highest BCUT2D eigenvalue weighted by atomic mass is 35.5. The fraction of sp³-hybridized carbons (Fsp3) is 0.308. The summed E-state index contributed by atoms with van der Waals surface area (Å²) >= 11 is 6.24. The molecule has 0 unspecified atom stereocenters. The zero-order valence-electron chi connectivity index (χ0n) is 19.2. The molecule has 0 atom stereocenters. The number of halogens is 1. The fourth-order valence-corrected chi connectivity index (χ4v) is 7.13. The van der Waals surface area contributed by atoms with Gasteiger partial charge in [0.2, 0.25) is 5.91 Å². The third-order valence-corrected chi connectivity index (χ3v) is 9.52. The summed E-state index contributed by atoms with van der Waals surface area (Å²) in [6, 6.07) is 15.3. The summed E-state index contributed by atoms with van der Waals surface area (Å²) in [5.74, 6) is -0.561. The highest BCUT2D eigenvalue weighted by Gasteiger charge is 2.53. The van der Waals surface area contributed by atoms with Crippen molar-refractivity contribution < 1.29 is 13.2 Å². The van der Waals surface area contributed by atoms with Gasteiger partial charge in [-0.3, -0.25) is 9.59 Å². The number of carbonyl (C=O) groups excluding carboxylic acids is 1. The van der Waals surface area contributed by atoms with E-state index in [0.29, 0.717) is 29.1 Å². The van der Waals surface area contributed by atoms with Crippen molar-refractivity contribution in [2.24, 2.45) is 0 Å². The largest absolute Gasteiger partial charge is 0.323 e. The van der Waals surface area contributed by atoms with E-state index >= 15 is 0 Å². The highest BCUT2D eigenvalue weighted by Crippen LogP contribution is 2.42. The first kappa shape index (κ1) is 24.2. The van der Waals surface area contributed by atoms with Crippen LogP contribution in [0.1, 0.15) is 42.4 Å². The second-order valence-electron chi connectivity index (χ2n) is 8.90. The molecule has 6 nitrogen and oxygen atoms in total. The van der Waals surface area contributed by atoms with Crippen LogP contribution in [0.4, 0.5) is 5.69 Å². The third-order valence-electron chi connectivity index (χ3n) is 6.51. The first-order chi connectivity index (χ1) is 16.1. The van der Waals surface area contributed by atoms with Crippen LogP contribution in [0, 0.1) is 13.8 Å². The van der Waals surface area contributed by atoms with E-state index in [9.17, 15) is 18.0 Å². The van der Waals surface area contributed by atoms with E-state index in [1.807, 2.05) is 31.2 Å². The number of anilines is 1. The van der Waals surface area contributed by atoms with Gasteiger partial charge in [0.05, 0.1) is 17.1 Å². The summed E-state index contributed by atoms with van der Waals surface area (Å²) in [5.41, 5.74) is 2.32. The van der Waals surface area contributed by atoms with Crippen LogP contribution in [0.2, 0.25) is 5.02 Å². The molecule has 0 saturated heterocycles. The number of carbonyl (C=O) groups is 1. The minimum atomic E-state index is -3.94. The number of sulfone groups is 1. The van der Waals surface area contributed by atoms with E-state index in [0.717, 1.165) is 11.1 Å². The van der Waals surface area contributed by atoms with Gasteiger partial charge in [-0.15, -0.1) is 0 Å². The average molecular weight is 499 g/mol. The number of aromatic nitrogens is 1. The Morgan fingerprint density at radius 3 is 2.47 bits per heavy atom. The van der Waals surface area contributed by atoms with E-state index in [-0.39, 0.29) is 29.8 Å². The van der Waals surface area contributed by atoms with E-state index in [1.165, 1.54) is 22.9 Å². The molecular weight excluding hydrogens is 472 g/mol. The average Bonchev–Trinajstić information content (AvgIpc) is 3.31. The van der Waals surface area contributed by atoms with Gasteiger partial charge >= 0.3 is 0 Å². The van der Waals surface area contributed by atoms with Gasteiger partial charge in [0.1, 0.15) is 0 Å². The predicted molar refractivity (Wildman–Crippen MR) is 134 cm³/mol. The SMILES string of the molecule is Cc1ccc(C)c(S(=O)(=O)C2(C(=O)Nc3ccc(=O)n(Cc4ccccc4Cl)c3)CCCC2)c1. The topological polar surface area (TPSA) is 85.2 Å². The molecule has 178 valence electrons. The molecule has 1 heterocycles. The first-order valence-electron chi connectivity index (χ1n) is 11.2. The van der Waals surface area contributed by atoms with Crippen LogP contribution in [0.25, 0.3) is 0 Å². The lowest BCUT2D eigenvalue weighted by atomic mass is 10.1. The van der Waals surface area contributed by atoms with Crippen molar-refractivity contribution in [3.8, 4) is 0 Å². The van der Waals surface area contributed by atoms with E-state index in [4.69, 9.17) is 11.6 Å². The molecule has 0 spiro atoms. The molecule has 1 aliphatic carbocycles. The van der Waals surface area contributed by atoms with Crippen molar-refractivity contribution in [1.82, 2.24) is 4.57 Å². The summed E-state index contributed by atoms with van der Waals surface area (Å²) in [5, 5.41) is 3.33. The van der Waals surface area contributed by atoms with E-state index < -0.39 is 20.5 Å². The van der Waals surface area contributed by atoms with Crippen LogP contribution in [-0.4, -0.2) is 23.6 Å². The second-order valence-corrected chi connectivity index (χ2v) is 11.5. The highest BCUT2D eigenvalue weighted by molar-refractivity contribution is 7.93. The summed E-state index contributed by atoms with van der Waals surface area (Å²) in [6.07, 6.45) is 3.35. The minimum absolute atomic E-state index is 0.202. The Morgan fingerprint density at radius 1 is 1.06 bits per heavy atom. The molecule has 0 radical (unpaired) electrons. The van der Waals surface area contributed by atoms with Gasteiger partial charge in [-0.05, 0) is 61.6 Å². The van der Waals surface area contributed by atoms with Crippen LogP contribution < -0.4 is 10.9 Å². The summed E-state index contributed by atoms with van der Waals surface area (Å²) in [4.78, 5) is 26.2. The molecule has 1 N–H and O–H groups in total. The Morgan fingerprint density at radius 2 is 1.76 bits per heavy atom. The molecule has 8 heteroatoms. The molecule has 3 aromatic rings. The molecule has 1 amide bonds. The lowest BCUT2D eigenvalue weighted by Crippen LogP contribution is -2.47. The van der Waals surface area contributed by atoms with Gasteiger partial charge in [0.25, 0.3) is 5.56 Å². The van der Waals surface area contributed by atoms with Gasteiger partial charge in [0.15, 0.2) is 14.6 Å². The van der Waals surface area contributed by atoms with Crippen molar-refractivity contribution in [1.29, 1.82) is 0 Å². The van der Waals surface area contributed by atoms with Gasteiger partial charge in [-0.2, -0.15) is 0 Å². The third kappa shape index (κ3) is 4.42. The molecule has 1 fully saturated rings. The normalized spacial score (nSPS) is 15.3. The second kappa shape index (κ2) is 9.39. The molecule has 0 aliphatic heterocycles. The van der Waals surface area contributed by atoms with Crippen molar-refractivity contribution in [2.45, 2.75) is 55.7 Å². The Balaban J connectivity index is 1.67. The molecule has 1 aromatic heterocycles. The van der Waals surface area contributed by atoms with Crippen LogP contribution >= 0.6 is 11.6 Å². The molecule has 34 heavy (non-hydrogen) atoms. The quantitative estimate of drug-likeness (QED) is 0.524. The number of hydrogen-bond acceptors (Lipinski definition) is 4. The molecule has 1 aliphatic rings. The number of hydrogen-bond donors (Lipinski definition) is 1. The zero-order chi connectivity index (χ0) is 24.5. The summed E-state index contributed by atoms with van der Waals surface area (Å²) in [7, 11) is -3.94.